The van der Waals surface area contributed by atoms with Crippen molar-refractivity contribution in [2.24, 2.45) is 0 Å². The Balaban J connectivity index is 2.05. The minimum absolute atomic E-state index is 0.120. The van der Waals surface area contributed by atoms with Gasteiger partial charge in [0.05, 0.1) is 6.20 Å². The van der Waals surface area contributed by atoms with Gasteiger partial charge in [0, 0.05) is 19.8 Å². The zero-order chi connectivity index (χ0) is 12.5. The van der Waals surface area contributed by atoms with Crippen molar-refractivity contribution in [1.82, 2.24) is 10.3 Å². The van der Waals surface area contributed by atoms with E-state index in [1.807, 2.05) is 0 Å². The van der Waals surface area contributed by atoms with Gasteiger partial charge in [0.25, 0.3) is 5.89 Å². The van der Waals surface area contributed by atoms with E-state index < -0.39 is 0 Å². The molecule has 0 aliphatic rings. The first-order valence-electron chi connectivity index (χ1n) is 6.02. The van der Waals surface area contributed by atoms with Gasteiger partial charge in [-0.05, 0) is 19.8 Å². The monoisotopic (exact) mass is 240 g/mol. The number of unbranched alkanes of at least 4 members (excludes halogenated alkanes) is 1. The fourth-order valence-electron chi connectivity index (χ4n) is 1.26. The summed E-state index contributed by atoms with van der Waals surface area (Å²) >= 11 is 0. The van der Waals surface area contributed by atoms with Gasteiger partial charge in [-0.25, -0.2) is 4.98 Å². The van der Waals surface area contributed by atoms with E-state index in [9.17, 15) is 4.79 Å². The predicted molar refractivity (Wildman–Crippen MR) is 63.9 cm³/mol. The lowest BCUT2D eigenvalue weighted by Crippen LogP contribution is -2.25. The smallest absolute Gasteiger partial charge is 0.307 e. The van der Waals surface area contributed by atoms with Crippen molar-refractivity contribution in [3.05, 3.63) is 17.8 Å². The van der Waals surface area contributed by atoms with E-state index in [1.54, 1.807) is 6.92 Å². The average molecular weight is 240 g/mol. The summed E-state index contributed by atoms with van der Waals surface area (Å²) in [6, 6.07) is 0. The van der Waals surface area contributed by atoms with E-state index in [-0.39, 0.29) is 11.8 Å². The summed E-state index contributed by atoms with van der Waals surface area (Å²) in [6.07, 6.45) is 4.56. The SMILES string of the molecule is CCCCOCCCNC(=O)c1ncc(C)o1. The first-order valence-corrected chi connectivity index (χ1v) is 6.02. The van der Waals surface area contributed by atoms with Crippen molar-refractivity contribution in [2.45, 2.75) is 33.1 Å². The van der Waals surface area contributed by atoms with Crippen LogP contribution < -0.4 is 5.32 Å². The minimum Gasteiger partial charge on any atom is -0.438 e. The van der Waals surface area contributed by atoms with Crippen molar-refractivity contribution in [3.8, 4) is 0 Å². The summed E-state index contributed by atoms with van der Waals surface area (Å²) < 4.78 is 10.5. The number of hydrogen-bond acceptors (Lipinski definition) is 4. The molecule has 0 aromatic carbocycles. The molecule has 96 valence electrons. The van der Waals surface area contributed by atoms with Crippen LogP contribution in [0.5, 0.6) is 0 Å². The molecule has 0 radical (unpaired) electrons. The fraction of sp³-hybridized carbons (Fsp3) is 0.667. The summed E-state index contributed by atoms with van der Waals surface area (Å²) in [4.78, 5) is 15.3. The van der Waals surface area contributed by atoms with Gasteiger partial charge in [0.1, 0.15) is 5.76 Å². The zero-order valence-electron chi connectivity index (χ0n) is 10.5. The Labute approximate surface area is 102 Å². The molecular formula is C12H20N2O3. The Hall–Kier alpha value is -1.36. The Bertz CT molecular complexity index is 336. The van der Waals surface area contributed by atoms with Gasteiger partial charge < -0.3 is 14.5 Å². The Kier molecular flexibility index (Phi) is 6.32. The number of aryl methyl sites for hydroxylation is 1. The van der Waals surface area contributed by atoms with E-state index in [0.29, 0.717) is 18.9 Å². The molecule has 0 unspecified atom stereocenters. The fourth-order valence-corrected chi connectivity index (χ4v) is 1.26. The second-order valence-corrected chi connectivity index (χ2v) is 3.85. The second-order valence-electron chi connectivity index (χ2n) is 3.85. The van der Waals surface area contributed by atoms with Crippen molar-refractivity contribution < 1.29 is 13.9 Å². The number of oxazole rings is 1. The first kappa shape index (κ1) is 13.7. The third-order valence-electron chi connectivity index (χ3n) is 2.21. The van der Waals surface area contributed by atoms with Gasteiger partial charge in [0.15, 0.2) is 0 Å². The van der Waals surface area contributed by atoms with Crippen molar-refractivity contribution in [2.75, 3.05) is 19.8 Å². The highest BCUT2D eigenvalue weighted by Crippen LogP contribution is 2.00. The van der Waals surface area contributed by atoms with E-state index in [4.69, 9.17) is 9.15 Å². The molecule has 1 heterocycles. The molecule has 5 heteroatoms. The van der Waals surface area contributed by atoms with Gasteiger partial charge in [-0.2, -0.15) is 0 Å². The standard InChI is InChI=1S/C12H20N2O3/c1-3-4-7-16-8-5-6-13-11(15)12-14-9-10(2)17-12/h9H,3-8H2,1-2H3,(H,13,15). The predicted octanol–water partition coefficient (Wildman–Crippen LogP) is 1.92. The van der Waals surface area contributed by atoms with Crippen LogP contribution in [0.2, 0.25) is 0 Å². The molecule has 0 fully saturated rings. The van der Waals surface area contributed by atoms with Crippen LogP contribution in [0.4, 0.5) is 0 Å². The minimum atomic E-state index is -0.272. The normalized spacial score (nSPS) is 10.5. The third kappa shape index (κ3) is 5.49. The summed E-state index contributed by atoms with van der Waals surface area (Å²) in [5.74, 6) is 0.485. The molecule has 1 amide bonds. The number of hydrogen-bond donors (Lipinski definition) is 1. The van der Waals surface area contributed by atoms with Crippen LogP contribution in [0, 0.1) is 6.92 Å². The molecule has 0 saturated heterocycles. The summed E-state index contributed by atoms with van der Waals surface area (Å²) in [7, 11) is 0. The van der Waals surface area contributed by atoms with Crippen LogP contribution in [-0.4, -0.2) is 30.6 Å². The van der Waals surface area contributed by atoms with Crippen molar-refractivity contribution >= 4 is 5.91 Å². The summed E-state index contributed by atoms with van der Waals surface area (Å²) in [5, 5.41) is 2.73. The third-order valence-corrected chi connectivity index (χ3v) is 2.21. The molecule has 1 aromatic rings. The lowest BCUT2D eigenvalue weighted by molar-refractivity contribution is 0.0905. The maximum Gasteiger partial charge on any atom is 0.307 e. The molecule has 0 aliphatic heterocycles. The van der Waals surface area contributed by atoms with Gasteiger partial charge in [-0.3, -0.25) is 4.79 Å². The quantitative estimate of drug-likeness (QED) is 0.705. The molecule has 17 heavy (non-hydrogen) atoms. The lowest BCUT2D eigenvalue weighted by Gasteiger charge is -2.04. The molecule has 0 atom stereocenters. The average Bonchev–Trinajstić information content (AvgIpc) is 2.74. The van der Waals surface area contributed by atoms with E-state index >= 15 is 0 Å². The highest BCUT2D eigenvalue weighted by molar-refractivity contribution is 5.89. The number of ether oxygens (including phenoxy) is 1. The molecule has 5 nitrogen and oxygen atoms in total. The van der Waals surface area contributed by atoms with Gasteiger partial charge >= 0.3 is 5.91 Å². The lowest BCUT2D eigenvalue weighted by atomic mass is 10.3. The zero-order valence-corrected chi connectivity index (χ0v) is 10.5. The maximum absolute atomic E-state index is 11.5. The number of aromatic nitrogens is 1. The van der Waals surface area contributed by atoms with Crippen molar-refractivity contribution in [3.63, 3.8) is 0 Å². The molecule has 0 bridgehead atoms. The number of rotatable bonds is 8. The summed E-state index contributed by atoms with van der Waals surface area (Å²) in [6.45, 7) is 5.92. The van der Waals surface area contributed by atoms with E-state index in [2.05, 4.69) is 17.2 Å². The first-order chi connectivity index (χ1) is 8.24. The van der Waals surface area contributed by atoms with Crippen LogP contribution in [0.25, 0.3) is 0 Å². The molecule has 0 aliphatic carbocycles. The highest BCUT2D eigenvalue weighted by Gasteiger charge is 2.10. The molecule has 0 saturated carbocycles. The molecule has 1 rings (SSSR count). The number of carbonyl (C=O) groups is 1. The van der Waals surface area contributed by atoms with E-state index in [1.165, 1.54) is 6.20 Å². The number of nitrogens with zero attached hydrogens (tertiary/aromatic N) is 1. The maximum atomic E-state index is 11.5. The highest BCUT2D eigenvalue weighted by atomic mass is 16.5. The Morgan fingerprint density at radius 2 is 2.24 bits per heavy atom. The van der Waals surface area contributed by atoms with Crippen molar-refractivity contribution in [1.29, 1.82) is 0 Å². The largest absolute Gasteiger partial charge is 0.438 e. The molecule has 1 N–H and O–H groups in total. The Morgan fingerprint density at radius 1 is 1.47 bits per heavy atom. The number of amides is 1. The number of carbonyl (C=O) groups excluding carboxylic acids is 1. The van der Waals surface area contributed by atoms with Gasteiger partial charge in [-0.1, -0.05) is 13.3 Å². The topological polar surface area (TPSA) is 64.4 Å². The van der Waals surface area contributed by atoms with Crippen LogP contribution in [-0.2, 0) is 4.74 Å². The van der Waals surface area contributed by atoms with Gasteiger partial charge in [-0.15, -0.1) is 0 Å². The Morgan fingerprint density at radius 3 is 2.88 bits per heavy atom. The van der Waals surface area contributed by atoms with Crippen LogP contribution in [0.3, 0.4) is 0 Å². The number of nitrogens with one attached hydrogen (secondary N) is 1. The molecule has 0 spiro atoms. The van der Waals surface area contributed by atoms with Gasteiger partial charge in [0.2, 0.25) is 0 Å². The van der Waals surface area contributed by atoms with E-state index in [0.717, 1.165) is 25.9 Å². The molecule has 1 aromatic heterocycles. The second kappa shape index (κ2) is 7.84. The molecular weight excluding hydrogens is 220 g/mol. The van der Waals surface area contributed by atoms with Crippen LogP contribution in [0.1, 0.15) is 42.6 Å². The summed E-state index contributed by atoms with van der Waals surface area (Å²) in [5.41, 5.74) is 0. The van der Waals surface area contributed by atoms with Crippen LogP contribution >= 0.6 is 0 Å². The van der Waals surface area contributed by atoms with Crippen LogP contribution in [0.15, 0.2) is 10.6 Å².